The van der Waals surface area contributed by atoms with Crippen LogP contribution in [0, 0.1) is 12.8 Å². The summed E-state index contributed by atoms with van der Waals surface area (Å²) in [5, 5.41) is 5.35. The third kappa shape index (κ3) is 4.43. The highest BCUT2D eigenvalue weighted by molar-refractivity contribution is 8.00. The number of aryl methyl sites for hydroxylation is 1. The average molecular weight is 447 g/mol. The number of aromatic amines is 1. The van der Waals surface area contributed by atoms with Gasteiger partial charge in [-0.15, -0.1) is 11.8 Å². The lowest BCUT2D eigenvalue weighted by Gasteiger charge is -2.32. The van der Waals surface area contributed by atoms with Gasteiger partial charge in [-0.05, 0) is 37.3 Å². The Bertz CT molecular complexity index is 1230. The zero-order valence-electron chi connectivity index (χ0n) is 18.1. The standard InChI is InChI=1S/C25H26N4O2S/c1-17-7-2-3-9-19(17)25-27-23(31-28-25)13-18-8-6-12-29(15-18)24(30)16-32-22-14-26-21-11-5-4-10-20(21)22/h2-5,7,9-11,14,18,26H,6,8,12-13,15-16H2,1H3/t18-/m0/s1. The number of fused-ring (bicyclic) bond motifs is 1. The van der Waals surface area contributed by atoms with E-state index in [2.05, 4.69) is 27.3 Å². The van der Waals surface area contributed by atoms with Crippen LogP contribution in [0.4, 0.5) is 0 Å². The number of para-hydroxylation sites is 1. The molecule has 3 heterocycles. The molecule has 5 rings (SSSR count). The van der Waals surface area contributed by atoms with Crippen molar-refractivity contribution < 1.29 is 9.32 Å². The first-order valence-electron chi connectivity index (χ1n) is 11.0. The first-order chi connectivity index (χ1) is 15.7. The van der Waals surface area contributed by atoms with E-state index in [0.29, 0.717) is 29.8 Å². The van der Waals surface area contributed by atoms with E-state index in [0.717, 1.165) is 47.5 Å². The van der Waals surface area contributed by atoms with E-state index in [1.165, 1.54) is 5.39 Å². The predicted molar refractivity (Wildman–Crippen MR) is 127 cm³/mol. The molecule has 2 aromatic heterocycles. The van der Waals surface area contributed by atoms with Crippen molar-refractivity contribution in [2.24, 2.45) is 5.92 Å². The van der Waals surface area contributed by atoms with E-state index in [1.54, 1.807) is 11.8 Å². The molecular formula is C25H26N4O2S. The summed E-state index contributed by atoms with van der Waals surface area (Å²) in [5.41, 5.74) is 3.23. The van der Waals surface area contributed by atoms with Gasteiger partial charge in [-0.25, -0.2) is 0 Å². The van der Waals surface area contributed by atoms with Gasteiger partial charge < -0.3 is 14.4 Å². The van der Waals surface area contributed by atoms with Gasteiger partial charge in [0, 0.05) is 47.1 Å². The number of carbonyl (C=O) groups excluding carboxylic acids is 1. The second kappa shape index (κ2) is 9.20. The fourth-order valence-corrected chi connectivity index (χ4v) is 5.31. The van der Waals surface area contributed by atoms with Crippen molar-refractivity contribution in [1.82, 2.24) is 20.0 Å². The van der Waals surface area contributed by atoms with Crippen molar-refractivity contribution in [3.63, 3.8) is 0 Å². The zero-order chi connectivity index (χ0) is 21.9. The molecule has 1 fully saturated rings. The number of thioether (sulfide) groups is 1. The zero-order valence-corrected chi connectivity index (χ0v) is 18.9. The molecule has 1 amide bonds. The number of nitrogens with zero attached hydrogens (tertiary/aromatic N) is 3. The van der Waals surface area contributed by atoms with Gasteiger partial charge in [0.2, 0.25) is 17.6 Å². The first-order valence-corrected chi connectivity index (χ1v) is 12.0. The maximum absolute atomic E-state index is 12.9. The van der Waals surface area contributed by atoms with Gasteiger partial charge in [0.05, 0.1) is 5.75 Å². The SMILES string of the molecule is Cc1ccccc1-c1noc(C[C@@H]2CCCN(C(=O)CSc3c[nH]c4ccccc34)C2)n1. The number of amides is 1. The van der Waals surface area contributed by atoms with Crippen molar-refractivity contribution in [2.45, 2.75) is 31.1 Å². The fraction of sp³-hybridized carbons (Fsp3) is 0.320. The Morgan fingerprint density at radius 1 is 1.22 bits per heavy atom. The number of nitrogens with one attached hydrogen (secondary N) is 1. The summed E-state index contributed by atoms with van der Waals surface area (Å²) in [4.78, 5) is 23.9. The second-order valence-corrected chi connectivity index (χ2v) is 9.38. The summed E-state index contributed by atoms with van der Waals surface area (Å²) in [7, 11) is 0. The van der Waals surface area contributed by atoms with Gasteiger partial charge in [0.15, 0.2) is 0 Å². The minimum absolute atomic E-state index is 0.191. The lowest BCUT2D eigenvalue weighted by Crippen LogP contribution is -2.41. The van der Waals surface area contributed by atoms with Crippen LogP contribution in [-0.2, 0) is 11.2 Å². The van der Waals surface area contributed by atoms with E-state index in [1.807, 2.05) is 54.4 Å². The number of aromatic nitrogens is 3. The van der Waals surface area contributed by atoms with E-state index < -0.39 is 0 Å². The molecule has 0 radical (unpaired) electrons. The molecule has 0 unspecified atom stereocenters. The van der Waals surface area contributed by atoms with Gasteiger partial charge in [-0.2, -0.15) is 4.98 Å². The summed E-state index contributed by atoms with van der Waals surface area (Å²) < 4.78 is 5.54. The second-order valence-electron chi connectivity index (χ2n) is 8.37. The highest BCUT2D eigenvalue weighted by atomic mass is 32.2. The number of H-pyrrole nitrogens is 1. The monoisotopic (exact) mass is 446 g/mol. The van der Waals surface area contributed by atoms with Gasteiger partial charge >= 0.3 is 0 Å². The smallest absolute Gasteiger partial charge is 0.232 e. The third-order valence-corrected chi connectivity index (χ3v) is 7.13. The molecule has 164 valence electrons. The van der Waals surface area contributed by atoms with Gasteiger partial charge in [-0.3, -0.25) is 4.79 Å². The van der Waals surface area contributed by atoms with Crippen molar-refractivity contribution >= 4 is 28.6 Å². The van der Waals surface area contributed by atoms with Gasteiger partial charge in [0.1, 0.15) is 0 Å². The molecular weight excluding hydrogens is 420 g/mol. The van der Waals surface area contributed by atoms with Crippen LogP contribution in [0.3, 0.4) is 0 Å². The topological polar surface area (TPSA) is 75.0 Å². The van der Waals surface area contributed by atoms with Crippen LogP contribution < -0.4 is 0 Å². The van der Waals surface area contributed by atoms with Crippen LogP contribution in [0.5, 0.6) is 0 Å². The third-order valence-electron chi connectivity index (χ3n) is 6.09. The Morgan fingerprint density at radius 3 is 2.97 bits per heavy atom. The van der Waals surface area contributed by atoms with Crippen LogP contribution in [0.15, 0.2) is 64.1 Å². The largest absolute Gasteiger partial charge is 0.360 e. The summed E-state index contributed by atoms with van der Waals surface area (Å²) in [5.74, 6) is 2.27. The van der Waals surface area contributed by atoms with Crippen LogP contribution in [0.1, 0.15) is 24.3 Å². The molecule has 2 aromatic carbocycles. The number of piperidine rings is 1. The quantitative estimate of drug-likeness (QED) is 0.417. The molecule has 0 bridgehead atoms. The summed E-state index contributed by atoms with van der Waals surface area (Å²) in [6, 6.07) is 16.2. The number of hydrogen-bond acceptors (Lipinski definition) is 5. The summed E-state index contributed by atoms with van der Waals surface area (Å²) >= 11 is 1.60. The molecule has 32 heavy (non-hydrogen) atoms. The molecule has 4 aromatic rings. The van der Waals surface area contributed by atoms with Crippen molar-refractivity contribution in [1.29, 1.82) is 0 Å². The van der Waals surface area contributed by atoms with E-state index >= 15 is 0 Å². The van der Waals surface area contributed by atoms with E-state index in [4.69, 9.17) is 4.52 Å². The first kappa shape index (κ1) is 20.8. The highest BCUT2D eigenvalue weighted by Gasteiger charge is 2.26. The van der Waals surface area contributed by atoms with Crippen LogP contribution >= 0.6 is 11.8 Å². The normalized spacial score (nSPS) is 16.5. The average Bonchev–Trinajstić information content (AvgIpc) is 3.45. The van der Waals surface area contributed by atoms with Gasteiger partial charge in [0.25, 0.3) is 0 Å². The number of carbonyl (C=O) groups is 1. The Balaban J connectivity index is 1.18. The van der Waals surface area contributed by atoms with Crippen molar-refractivity contribution in [3.8, 4) is 11.4 Å². The Kier molecular flexibility index (Phi) is 5.99. The van der Waals surface area contributed by atoms with E-state index in [-0.39, 0.29) is 5.91 Å². The Hall–Kier alpha value is -3.06. The van der Waals surface area contributed by atoms with Crippen LogP contribution in [0.2, 0.25) is 0 Å². The van der Waals surface area contributed by atoms with Crippen LogP contribution in [0.25, 0.3) is 22.3 Å². The molecule has 7 heteroatoms. The molecule has 0 aliphatic carbocycles. The minimum atomic E-state index is 0.191. The van der Waals surface area contributed by atoms with Crippen LogP contribution in [-0.4, -0.2) is 44.8 Å². The number of benzene rings is 2. The maximum atomic E-state index is 12.9. The minimum Gasteiger partial charge on any atom is -0.360 e. The highest BCUT2D eigenvalue weighted by Crippen LogP contribution is 2.29. The Morgan fingerprint density at radius 2 is 2.06 bits per heavy atom. The summed E-state index contributed by atoms with van der Waals surface area (Å²) in [6.07, 6.45) is 4.77. The predicted octanol–water partition coefficient (Wildman–Crippen LogP) is 5.10. The number of rotatable bonds is 6. The molecule has 6 nitrogen and oxygen atoms in total. The lowest BCUT2D eigenvalue weighted by molar-refractivity contribution is -0.130. The molecule has 1 aliphatic rings. The molecule has 1 N–H and O–H groups in total. The molecule has 0 spiro atoms. The lowest BCUT2D eigenvalue weighted by atomic mass is 9.95. The van der Waals surface area contributed by atoms with Crippen molar-refractivity contribution in [2.75, 3.05) is 18.8 Å². The van der Waals surface area contributed by atoms with Crippen molar-refractivity contribution in [3.05, 3.63) is 66.2 Å². The Labute approximate surface area is 191 Å². The number of likely N-dealkylation sites (tertiary alicyclic amines) is 1. The fourth-order valence-electron chi connectivity index (χ4n) is 4.37. The maximum Gasteiger partial charge on any atom is 0.232 e. The molecule has 1 aliphatic heterocycles. The molecule has 0 saturated carbocycles. The van der Waals surface area contributed by atoms with E-state index in [9.17, 15) is 4.79 Å². The molecule has 1 atom stereocenters. The van der Waals surface area contributed by atoms with Gasteiger partial charge in [-0.1, -0.05) is 47.6 Å². The summed E-state index contributed by atoms with van der Waals surface area (Å²) in [6.45, 7) is 3.61. The molecule has 1 saturated heterocycles. The number of hydrogen-bond donors (Lipinski definition) is 1.